The van der Waals surface area contributed by atoms with E-state index in [1.165, 1.54) is 0 Å². The minimum Gasteiger partial charge on any atom is -0.396 e. The van der Waals surface area contributed by atoms with Gasteiger partial charge >= 0.3 is 0 Å². The molecule has 0 atom stereocenters. The molecule has 16 heavy (non-hydrogen) atoms. The monoisotopic (exact) mass is 236 g/mol. The Balaban J connectivity index is 0. The van der Waals surface area contributed by atoms with Crippen LogP contribution >= 0.6 is 0 Å². The van der Waals surface area contributed by atoms with E-state index >= 15 is 0 Å². The van der Waals surface area contributed by atoms with Crippen molar-refractivity contribution in [3.05, 3.63) is 0 Å². The Bertz CT molecular complexity index is 101. The fourth-order valence-corrected chi connectivity index (χ4v) is 1.15. The summed E-state index contributed by atoms with van der Waals surface area (Å²) in [5.74, 6) is 0. The van der Waals surface area contributed by atoms with Gasteiger partial charge < -0.3 is 20.4 Å². The van der Waals surface area contributed by atoms with Crippen LogP contribution in [0.15, 0.2) is 0 Å². The van der Waals surface area contributed by atoms with E-state index in [1.807, 2.05) is 0 Å². The fraction of sp³-hybridized carbons (Fsp3) is 1.00. The highest BCUT2D eigenvalue weighted by atomic mass is 16.5. The van der Waals surface area contributed by atoms with Gasteiger partial charge in [-0.3, -0.25) is 0 Å². The number of aliphatic hydroxyl groups excluding tert-OH is 3. The molecule has 0 unspecified atom stereocenters. The van der Waals surface area contributed by atoms with Crippen molar-refractivity contribution in [2.75, 3.05) is 13.2 Å². The Morgan fingerprint density at radius 2 is 1.25 bits per heavy atom. The van der Waals surface area contributed by atoms with Crippen LogP contribution in [0.2, 0.25) is 0 Å². The normalized spacial score (nSPS) is 10.1. The quantitative estimate of drug-likeness (QED) is 0.360. The number of unbranched alkanes of at least 4 members (excludes halogenated alkanes) is 5. The molecule has 0 fully saturated rings. The molecule has 0 saturated heterocycles. The Morgan fingerprint density at radius 1 is 0.750 bits per heavy atom. The minimum absolute atomic E-state index is 0.283. The molecule has 0 aliphatic rings. The zero-order valence-electron chi connectivity index (χ0n) is 10.4. The van der Waals surface area contributed by atoms with E-state index in [0.29, 0.717) is 6.42 Å². The summed E-state index contributed by atoms with van der Waals surface area (Å²) < 4.78 is 0. The van der Waals surface area contributed by atoms with Gasteiger partial charge in [0.15, 0.2) is 6.29 Å². The van der Waals surface area contributed by atoms with Crippen molar-refractivity contribution in [2.45, 2.75) is 64.6 Å². The Kier molecular flexibility index (Phi) is 19.6. The number of hydrogen-bond acceptors (Lipinski definition) is 4. The lowest BCUT2D eigenvalue weighted by molar-refractivity contribution is -0.0465. The van der Waals surface area contributed by atoms with Crippen LogP contribution in [0.25, 0.3) is 0 Å². The third-order valence-corrected chi connectivity index (χ3v) is 2.13. The van der Waals surface area contributed by atoms with Gasteiger partial charge in [-0.25, -0.2) is 0 Å². The van der Waals surface area contributed by atoms with Crippen LogP contribution in [-0.2, 0) is 0 Å². The van der Waals surface area contributed by atoms with Crippen molar-refractivity contribution in [2.24, 2.45) is 0 Å². The smallest absolute Gasteiger partial charge is 0.151 e. The molecule has 4 heteroatoms. The topological polar surface area (TPSA) is 80.9 Å². The molecule has 4 N–H and O–H groups in total. The lowest BCUT2D eigenvalue weighted by atomic mass is 10.2. The standard InChI is InChI=1S/2C6H14O2/c1-2-3-4-5-6(7)8;7-5-3-1-2-4-6-8/h6-8H,2-5H2,1H3;7-8H,1-6H2. The SMILES string of the molecule is CCCCCC(O)O.OCCCCCCO. The van der Waals surface area contributed by atoms with Crippen molar-refractivity contribution >= 4 is 0 Å². The molecule has 0 bridgehead atoms. The summed E-state index contributed by atoms with van der Waals surface area (Å²) in [5.41, 5.74) is 0. The third kappa shape index (κ3) is 23.6. The van der Waals surface area contributed by atoms with Gasteiger partial charge in [0.25, 0.3) is 0 Å². The van der Waals surface area contributed by atoms with Gasteiger partial charge in [-0.05, 0) is 25.7 Å². The van der Waals surface area contributed by atoms with E-state index < -0.39 is 6.29 Å². The van der Waals surface area contributed by atoms with Crippen molar-refractivity contribution in [3.8, 4) is 0 Å². The van der Waals surface area contributed by atoms with Crippen molar-refractivity contribution < 1.29 is 20.4 Å². The molecular formula is C12H28O4. The zero-order valence-corrected chi connectivity index (χ0v) is 10.4. The second kappa shape index (κ2) is 17.2. The predicted molar refractivity (Wildman–Crippen MR) is 65.0 cm³/mol. The van der Waals surface area contributed by atoms with E-state index in [2.05, 4.69) is 6.92 Å². The molecule has 0 saturated carbocycles. The first kappa shape index (κ1) is 18.2. The molecule has 0 radical (unpaired) electrons. The first-order chi connectivity index (χ1) is 7.68. The van der Waals surface area contributed by atoms with Crippen molar-refractivity contribution in [3.63, 3.8) is 0 Å². The first-order valence-corrected chi connectivity index (χ1v) is 6.26. The Labute approximate surface area is 98.9 Å². The molecule has 0 aromatic heterocycles. The van der Waals surface area contributed by atoms with Crippen LogP contribution in [0.4, 0.5) is 0 Å². The van der Waals surface area contributed by atoms with Crippen LogP contribution in [0.1, 0.15) is 58.3 Å². The van der Waals surface area contributed by atoms with Crippen molar-refractivity contribution in [1.29, 1.82) is 0 Å². The second-order valence-corrected chi connectivity index (χ2v) is 3.84. The van der Waals surface area contributed by atoms with Gasteiger partial charge in [-0.1, -0.05) is 32.6 Å². The molecular weight excluding hydrogens is 208 g/mol. The molecule has 0 rings (SSSR count). The Hall–Kier alpha value is -0.160. The lowest BCUT2D eigenvalue weighted by Gasteiger charge is -1.99. The van der Waals surface area contributed by atoms with Crippen LogP contribution in [0.3, 0.4) is 0 Å². The third-order valence-electron chi connectivity index (χ3n) is 2.13. The molecule has 4 nitrogen and oxygen atoms in total. The molecule has 0 aromatic carbocycles. The van der Waals surface area contributed by atoms with Crippen LogP contribution < -0.4 is 0 Å². The van der Waals surface area contributed by atoms with Crippen molar-refractivity contribution in [1.82, 2.24) is 0 Å². The molecule has 0 aliphatic carbocycles. The largest absolute Gasteiger partial charge is 0.396 e. The Morgan fingerprint density at radius 3 is 1.56 bits per heavy atom. The fourth-order valence-electron chi connectivity index (χ4n) is 1.15. The van der Waals surface area contributed by atoms with Gasteiger partial charge in [-0.15, -0.1) is 0 Å². The van der Waals surface area contributed by atoms with Gasteiger partial charge in [0.1, 0.15) is 0 Å². The first-order valence-electron chi connectivity index (χ1n) is 6.26. The molecule has 0 aliphatic heterocycles. The average Bonchev–Trinajstić information content (AvgIpc) is 2.25. The molecule has 0 heterocycles. The van der Waals surface area contributed by atoms with E-state index in [9.17, 15) is 0 Å². The second-order valence-electron chi connectivity index (χ2n) is 3.84. The average molecular weight is 236 g/mol. The summed E-state index contributed by atoms with van der Waals surface area (Å²) in [6, 6.07) is 0. The van der Waals surface area contributed by atoms with Gasteiger partial charge in [-0.2, -0.15) is 0 Å². The highest BCUT2D eigenvalue weighted by Gasteiger charge is 1.93. The lowest BCUT2D eigenvalue weighted by Crippen LogP contribution is -2.02. The number of rotatable bonds is 9. The summed E-state index contributed by atoms with van der Waals surface area (Å²) in [7, 11) is 0. The summed E-state index contributed by atoms with van der Waals surface area (Å²) in [4.78, 5) is 0. The maximum absolute atomic E-state index is 8.33. The summed E-state index contributed by atoms with van der Waals surface area (Å²) in [5, 5.41) is 33.3. The predicted octanol–water partition coefficient (Wildman–Crippen LogP) is 1.41. The van der Waals surface area contributed by atoms with E-state index in [1.54, 1.807) is 0 Å². The van der Waals surface area contributed by atoms with Gasteiger partial charge in [0.2, 0.25) is 0 Å². The summed E-state index contributed by atoms with van der Waals surface area (Å²) >= 11 is 0. The molecule has 0 spiro atoms. The van der Waals surface area contributed by atoms with E-state index in [0.717, 1.165) is 44.9 Å². The van der Waals surface area contributed by atoms with Crippen LogP contribution in [0, 0.1) is 0 Å². The van der Waals surface area contributed by atoms with E-state index in [-0.39, 0.29) is 13.2 Å². The highest BCUT2D eigenvalue weighted by Crippen LogP contribution is 2.00. The van der Waals surface area contributed by atoms with Crippen LogP contribution in [-0.4, -0.2) is 39.9 Å². The maximum Gasteiger partial charge on any atom is 0.151 e. The minimum atomic E-state index is -1.10. The van der Waals surface area contributed by atoms with Gasteiger partial charge in [0, 0.05) is 13.2 Å². The highest BCUT2D eigenvalue weighted by molar-refractivity contribution is 4.40. The number of aliphatic hydroxyl groups is 4. The molecule has 0 amide bonds. The summed E-state index contributed by atoms with van der Waals surface area (Å²) in [6.45, 7) is 2.65. The summed E-state index contributed by atoms with van der Waals surface area (Å²) in [6.07, 6.45) is 6.40. The zero-order chi connectivity index (χ0) is 12.6. The molecule has 100 valence electrons. The molecule has 0 aromatic rings. The van der Waals surface area contributed by atoms with E-state index in [4.69, 9.17) is 20.4 Å². The van der Waals surface area contributed by atoms with Gasteiger partial charge in [0.05, 0.1) is 0 Å². The number of hydrogen-bond donors (Lipinski definition) is 4. The van der Waals surface area contributed by atoms with Crippen LogP contribution in [0.5, 0.6) is 0 Å². The maximum atomic E-state index is 8.33.